The van der Waals surface area contributed by atoms with Crippen LogP contribution in [0.25, 0.3) is 0 Å². The number of thiazole rings is 1. The largest absolute Gasteiger partial charge is 0.470 e. The summed E-state index contributed by atoms with van der Waals surface area (Å²) in [6, 6.07) is 0.320. The Labute approximate surface area is 93.6 Å². The van der Waals surface area contributed by atoms with Crippen LogP contribution < -0.4 is 10.1 Å². The fraction of sp³-hybridized carbons (Fsp3) is 0.700. The van der Waals surface area contributed by atoms with Gasteiger partial charge >= 0.3 is 0 Å². The average molecular weight is 228 g/mol. The molecule has 1 aromatic rings. The number of aromatic nitrogens is 1. The van der Waals surface area contributed by atoms with Crippen LogP contribution in [0.5, 0.6) is 5.19 Å². The molecule has 1 N–H and O–H groups in total. The first-order valence-corrected chi connectivity index (χ1v) is 6.05. The zero-order valence-corrected chi connectivity index (χ0v) is 9.84. The van der Waals surface area contributed by atoms with Gasteiger partial charge < -0.3 is 14.8 Å². The molecule has 5 heteroatoms. The SMILES string of the molecule is CCOc1nc(C2CC(OC)CN2)cs1. The fourth-order valence-electron chi connectivity index (χ4n) is 1.73. The third-order valence-corrected chi connectivity index (χ3v) is 3.32. The van der Waals surface area contributed by atoms with Gasteiger partial charge in [0, 0.05) is 19.0 Å². The van der Waals surface area contributed by atoms with E-state index in [1.54, 1.807) is 18.4 Å². The monoisotopic (exact) mass is 228 g/mol. The van der Waals surface area contributed by atoms with Crippen LogP contribution >= 0.6 is 11.3 Å². The van der Waals surface area contributed by atoms with E-state index in [9.17, 15) is 0 Å². The number of hydrogen-bond acceptors (Lipinski definition) is 5. The van der Waals surface area contributed by atoms with Gasteiger partial charge in [-0.15, -0.1) is 0 Å². The van der Waals surface area contributed by atoms with Crippen molar-refractivity contribution in [2.45, 2.75) is 25.5 Å². The maximum absolute atomic E-state index is 5.35. The molecule has 0 radical (unpaired) electrons. The zero-order valence-electron chi connectivity index (χ0n) is 9.03. The second kappa shape index (κ2) is 4.92. The zero-order chi connectivity index (χ0) is 10.7. The van der Waals surface area contributed by atoms with Gasteiger partial charge in [0.25, 0.3) is 5.19 Å². The summed E-state index contributed by atoms with van der Waals surface area (Å²) in [5.41, 5.74) is 1.07. The molecule has 0 aliphatic carbocycles. The molecule has 1 aliphatic heterocycles. The first kappa shape index (κ1) is 10.9. The van der Waals surface area contributed by atoms with Gasteiger partial charge in [0.2, 0.25) is 0 Å². The topological polar surface area (TPSA) is 43.4 Å². The third-order valence-electron chi connectivity index (χ3n) is 2.55. The lowest BCUT2D eigenvalue weighted by atomic mass is 10.1. The van der Waals surface area contributed by atoms with Gasteiger partial charge in [-0.3, -0.25) is 0 Å². The second-order valence-corrected chi connectivity index (χ2v) is 4.35. The van der Waals surface area contributed by atoms with Crippen molar-refractivity contribution in [2.24, 2.45) is 0 Å². The van der Waals surface area contributed by atoms with Gasteiger partial charge in [-0.1, -0.05) is 11.3 Å². The summed E-state index contributed by atoms with van der Waals surface area (Å²) >= 11 is 1.56. The van der Waals surface area contributed by atoms with E-state index in [2.05, 4.69) is 15.7 Å². The third kappa shape index (κ3) is 2.48. The number of nitrogens with zero attached hydrogens (tertiary/aromatic N) is 1. The number of methoxy groups -OCH3 is 1. The summed E-state index contributed by atoms with van der Waals surface area (Å²) < 4.78 is 10.6. The summed E-state index contributed by atoms with van der Waals surface area (Å²) in [7, 11) is 1.75. The molecule has 2 atom stereocenters. The summed E-state index contributed by atoms with van der Waals surface area (Å²) in [6.07, 6.45) is 1.30. The van der Waals surface area contributed by atoms with Gasteiger partial charge in [0.15, 0.2) is 0 Å². The van der Waals surface area contributed by atoms with Crippen molar-refractivity contribution >= 4 is 11.3 Å². The normalized spacial score (nSPS) is 25.7. The van der Waals surface area contributed by atoms with Crippen molar-refractivity contribution in [1.29, 1.82) is 0 Å². The molecule has 15 heavy (non-hydrogen) atoms. The minimum atomic E-state index is 0.312. The molecule has 1 aliphatic rings. The Kier molecular flexibility index (Phi) is 3.56. The molecule has 0 amide bonds. The van der Waals surface area contributed by atoms with Crippen LogP contribution in [-0.2, 0) is 4.74 Å². The molecule has 0 bridgehead atoms. The lowest BCUT2D eigenvalue weighted by Gasteiger charge is -2.06. The number of rotatable bonds is 4. The Hall–Kier alpha value is -0.650. The van der Waals surface area contributed by atoms with Crippen molar-refractivity contribution in [3.05, 3.63) is 11.1 Å². The maximum Gasteiger partial charge on any atom is 0.273 e. The highest BCUT2D eigenvalue weighted by Gasteiger charge is 2.26. The van der Waals surface area contributed by atoms with Gasteiger partial charge in [-0.25, -0.2) is 4.98 Å². The molecule has 2 heterocycles. The molecule has 1 aromatic heterocycles. The second-order valence-electron chi connectivity index (χ2n) is 3.53. The van der Waals surface area contributed by atoms with Crippen molar-refractivity contribution in [1.82, 2.24) is 10.3 Å². The fourth-order valence-corrected chi connectivity index (χ4v) is 2.51. The van der Waals surface area contributed by atoms with Crippen molar-refractivity contribution in [3.63, 3.8) is 0 Å². The Bertz CT molecular complexity index is 316. The predicted octanol–water partition coefficient (Wildman–Crippen LogP) is 1.59. The van der Waals surface area contributed by atoms with E-state index >= 15 is 0 Å². The van der Waals surface area contributed by atoms with E-state index in [0.717, 1.165) is 23.9 Å². The van der Waals surface area contributed by atoms with Crippen LogP contribution in [0.2, 0.25) is 0 Å². The van der Waals surface area contributed by atoms with Crippen molar-refractivity contribution in [2.75, 3.05) is 20.3 Å². The molecule has 1 fully saturated rings. The van der Waals surface area contributed by atoms with Crippen LogP contribution in [-0.4, -0.2) is 31.3 Å². The molecule has 0 spiro atoms. The number of nitrogens with one attached hydrogen (secondary N) is 1. The molecule has 0 aromatic carbocycles. The van der Waals surface area contributed by atoms with Crippen LogP contribution in [0.1, 0.15) is 25.1 Å². The standard InChI is InChI=1S/C10H16N2O2S/c1-3-14-10-12-9(6-15-10)8-4-7(13-2)5-11-8/h6-8,11H,3-5H2,1-2H3. The summed E-state index contributed by atoms with van der Waals surface area (Å²) in [5, 5.41) is 6.21. The Morgan fingerprint density at radius 3 is 3.20 bits per heavy atom. The highest BCUT2D eigenvalue weighted by Crippen LogP contribution is 2.28. The summed E-state index contributed by atoms with van der Waals surface area (Å²) in [4.78, 5) is 4.43. The van der Waals surface area contributed by atoms with E-state index in [1.807, 2.05) is 6.92 Å². The van der Waals surface area contributed by atoms with E-state index in [0.29, 0.717) is 18.8 Å². The Morgan fingerprint density at radius 1 is 1.67 bits per heavy atom. The molecule has 1 saturated heterocycles. The molecular formula is C10H16N2O2S. The quantitative estimate of drug-likeness (QED) is 0.850. The molecule has 2 unspecified atom stereocenters. The van der Waals surface area contributed by atoms with Gasteiger partial charge in [0.1, 0.15) is 0 Å². The number of ether oxygens (including phenoxy) is 2. The first-order chi connectivity index (χ1) is 7.33. The molecular weight excluding hydrogens is 212 g/mol. The molecule has 84 valence electrons. The lowest BCUT2D eigenvalue weighted by Crippen LogP contribution is -2.16. The summed E-state index contributed by atoms with van der Waals surface area (Å²) in [6.45, 7) is 3.55. The van der Waals surface area contributed by atoms with Crippen molar-refractivity contribution in [3.8, 4) is 5.19 Å². The number of hydrogen-bond donors (Lipinski definition) is 1. The van der Waals surface area contributed by atoms with Crippen LogP contribution in [0.15, 0.2) is 5.38 Å². The molecule has 2 rings (SSSR count). The van der Waals surface area contributed by atoms with Gasteiger partial charge in [-0.2, -0.15) is 0 Å². The first-order valence-electron chi connectivity index (χ1n) is 5.18. The van der Waals surface area contributed by atoms with E-state index < -0.39 is 0 Å². The lowest BCUT2D eigenvalue weighted by molar-refractivity contribution is 0.117. The highest BCUT2D eigenvalue weighted by atomic mass is 32.1. The molecule has 4 nitrogen and oxygen atoms in total. The van der Waals surface area contributed by atoms with Crippen LogP contribution in [0.4, 0.5) is 0 Å². The Balaban J connectivity index is 1.97. The van der Waals surface area contributed by atoms with Crippen LogP contribution in [0.3, 0.4) is 0 Å². The van der Waals surface area contributed by atoms with Crippen LogP contribution in [0, 0.1) is 0 Å². The predicted molar refractivity (Wildman–Crippen MR) is 59.4 cm³/mol. The summed E-state index contributed by atoms with van der Waals surface area (Å²) in [5.74, 6) is 0. The van der Waals surface area contributed by atoms with E-state index in [-0.39, 0.29) is 0 Å². The average Bonchev–Trinajstić information content (AvgIpc) is 2.85. The molecule has 0 saturated carbocycles. The van der Waals surface area contributed by atoms with Gasteiger partial charge in [0.05, 0.1) is 24.4 Å². The maximum atomic E-state index is 5.35. The minimum Gasteiger partial charge on any atom is -0.470 e. The van der Waals surface area contributed by atoms with E-state index in [1.165, 1.54) is 0 Å². The van der Waals surface area contributed by atoms with Crippen molar-refractivity contribution < 1.29 is 9.47 Å². The van der Waals surface area contributed by atoms with E-state index in [4.69, 9.17) is 9.47 Å². The smallest absolute Gasteiger partial charge is 0.273 e. The van der Waals surface area contributed by atoms with Gasteiger partial charge in [-0.05, 0) is 13.3 Å². The minimum absolute atomic E-state index is 0.312. The Morgan fingerprint density at radius 2 is 2.53 bits per heavy atom. The highest BCUT2D eigenvalue weighted by molar-refractivity contribution is 7.11.